The van der Waals surface area contributed by atoms with E-state index in [0.717, 1.165) is 5.56 Å². The molecule has 1 aliphatic rings. The van der Waals surface area contributed by atoms with Crippen molar-refractivity contribution < 1.29 is 22.6 Å². The zero-order valence-corrected chi connectivity index (χ0v) is 18.4. The highest BCUT2D eigenvalue weighted by Gasteiger charge is 2.28. The summed E-state index contributed by atoms with van der Waals surface area (Å²) in [5.41, 5.74) is 2.00. The van der Waals surface area contributed by atoms with Gasteiger partial charge in [0.25, 0.3) is 5.69 Å². The van der Waals surface area contributed by atoms with Crippen molar-refractivity contribution in [3.8, 4) is 0 Å². The van der Waals surface area contributed by atoms with Crippen molar-refractivity contribution in [3.05, 3.63) is 68.7 Å². The number of nitro benzene ring substituents is 1. The van der Waals surface area contributed by atoms with Gasteiger partial charge < -0.3 is 9.73 Å². The van der Waals surface area contributed by atoms with Crippen LogP contribution in [0.1, 0.15) is 18.4 Å². The molecule has 12 heteroatoms. The van der Waals surface area contributed by atoms with Crippen LogP contribution < -0.4 is 15.4 Å². The second kappa shape index (κ2) is 9.06. The van der Waals surface area contributed by atoms with Gasteiger partial charge in [0, 0.05) is 32.1 Å². The highest BCUT2D eigenvalue weighted by Crippen LogP contribution is 2.29. The van der Waals surface area contributed by atoms with Crippen molar-refractivity contribution in [2.75, 3.05) is 23.1 Å². The number of benzene rings is 2. The fraction of sp³-hybridized carbons (Fsp3) is 0.333. The Morgan fingerprint density at radius 2 is 2.00 bits per heavy atom. The molecule has 0 spiro atoms. The summed E-state index contributed by atoms with van der Waals surface area (Å²) >= 11 is 0. The van der Waals surface area contributed by atoms with E-state index in [1.165, 1.54) is 27.1 Å². The van der Waals surface area contributed by atoms with Crippen molar-refractivity contribution in [1.82, 2.24) is 9.88 Å². The average Bonchev–Trinajstić information content (AvgIpc) is 3.34. The molecule has 0 saturated heterocycles. The van der Waals surface area contributed by atoms with Gasteiger partial charge in [-0.3, -0.25) is 23.8 Å². The molecule has 1 amide bonds. The standard InChI is InChI=1S/C21H22N4O7S/c26-20(22-10-13-33(30,31)24-12-9-15-4-1-2-5-17(15)24)6-3-11-23-18-8-7-16(25(28)29)14-19(18)32-21(23)27/h1-2,4-5,7-8,14H,3,6,9-13H2,(H,22,26). The molecule has 0 atom stereocenters. The fourth-order valence-electron chi connectivity index (χ4n) is 3.89. The predicted molar refractivity (Wildman–Crippen MR) is 121 cm³/mol. The molecule has 0 unspecified atom stereocenters. The van der Waals surface area contributed by atoms with E-state index in [4.69, 9.17) is 4.42 Å². The molecule has 0 saturated carbocycles. The highest BCUT2D eigenvalue weighted by molar-refractivity contribution is 7.92. The topological polar surface area (TPSA) is 145 Å². The number of para-hydroxylation sites is 1. The number of carbonyl (C=O) groups is 1. The molecule has 2 heterocycles. The van der Waals surface area contributed by atoms with E-state index in [-0.39, 0.29) is 42.4 Å². The Kier molecular flexibility index (Phi) is 6.18. The van der Waals surface area contributed by atoms with Crippen LogP contribution in [0.2, 0.25) is 0 Å². The number of sulfonamides is 1. The van der Waals surface area contributed by atoms with Crippen molar-refractivity contribution in [3.63, 3.8) is 0 Å². The third kappa shape index (κ3) is 4.75. The molecule has 1 N–H and O–H groups in total. The molecule has 0 aliphatic carbocycles. The number of fused-ring (bicyclic) bond motifs is 2. The molecular formula is C21H22N4O7S. The number of nitro groups is 1. The maximum Gasteiger partial charge on any atom is 0.419 e. The number of nitrogens with one attached hydrogen (secondary N) is 1. The Balaban J connectivity index is 1.27. The summed E-state index contributed by atoms with van der Waals surface area (Å²) in [4.78, 5) is 34.5. The molecule has 33 heavy (non-hydrogen) atoms. The van der Waals surface area contributed by atoms with Gasteiger partial charge in [-0.15, -0.1) is 0 Å². The van der Waals surface area contributed by atoms with Crippen LogP contribution in [0.25, 0.3) is 11.1 Å². The van der Waals surface area contributed by atoms with Crippen molar-refractivity contribution in [2.45, 2.75) is 25.8 Å². The lowest BCUT2D eigenvalue weighted by Crippen LogP contribution is -2.37. The summed E-state index contributed by atoms with van der Waals surface area (Å²) in [7, 11) is -3.55. The van der Waals surface area contributed by atoms with Gasteiger partial charge in [-0.1, -0.05) is 18.2 Å². The zero-order valence-electron chi connectivity index (χ0n) is 17.6. The van der Waals surface area contributed by atoms with Crippen LogP contribution in [0.5, 0.6) is 0 Å². The summed E-state index contributed by atoms with van der Waals surface area (Å²) in [6, 6.07) is 11.2. The lowest BCUT2D eigenvalue weighted by molar-refractivity contribution is -0.384. The zero-order chi connectivity index (χ0) is 23.6. The van der Waals surface area contributed by atoms with E-state index in [9.17, 15) is 28.1 Å². The number of hydrogen-bond acceptors (Lipinski definition) is 7. The third-order valence-corrected chi connectivity index (χ3v) is 7.28. The molecule has 2 aromatic carbocycles. The van der Waals surface area contributed by atoms with Crippen molar-refractivity contribution in [1.29, 1.82) is 0 Å². The van der Waals surface area contributed by atoms with E-state index in [0.29, 0.717) is 30.6 Å². The first-order chi connectivity index (χ1) is 15.8. The number of oxazole rings is 1. The normalized spacial score (nSPS) is 13.3. The van der Waals surface area contributed by atoms with Crippen LogP contribution in [0.15, 0.2) is 51.7 Å². The minimum atomic E-state index is -3.55. The van der Waals surface area contributed by atoms with E-state index in [1.54, 1.807) is 12.1 Å². The van der Waals surface area contributed by atoms with E-state index in [1.807, 2.05) is 12.1 Å². The molecule has 0 bridgehead atoms. The second-order valence-electron chi connectivity index (χ2n) is 7.65. The minimum Gasteiger partial charge on any atom is -0.407 e. The number of anilines is 1. The van der Waals surface area contributed by atoms with E-state index < -0.39 is 20.7 Å². The lowest BCUT2D eigenvalue weighted by Gasteiger charge is -2.19. The molecule has 1 aromatic heterocycles. The molecule has 4 rings (SSSR count). The van der Waals surface area contributed by atoms with Gasteiger partial charge in [-0.25, -0.2) is 13.2 Å². The van der Waals surface area contributed by atoms with Crippen molar-refractivity contribution >= 4 is 38.4 Å². The SMILES string of the molecule is O=C(CCCn1c(=O)oc2cc([N+](=O)[O-])ccc21)NCCS(=O)(=O)N1CCc2ccccc21. The van der Waals surface area contributed by atoms with Gasteiger partial charge >= 0.3 is 5.76 Å². The number of rotatable bonds is 9. The van der Waals surface area contributed by atoms with Crippen LogP contribution in [0.3, 0.4) is 0 Å². The van der Waals surface area contributed by atoms with Crippen LogP contribution in [-0.4, -0.2) is 42.7 Å². The van der Waals surface area contributed by atoms with Gasteiger partial charge in [-0.2, -0.15) is 0 Å². The fourth-order valence-corrected chi connectivity index (χ4v) is 5.32. The molecular weight excluding hydrogens is 452 g/mol. The molecule has 3 aromatic rings. The van der Waals surface area contributed by atoms with Gasteiger partial charge in [0.05, 0.1) is 27.9 Å². The molecule has 0 fully saturated rings. The first kappa shape index (κ1) is 22.5. The average molecular weight is 474 g/mol. The number of carbonyl (C=O) groups excluding carboxylic acids is 1. The summed E-state index contributed by atoms with van der Waals surface area (Å²) in [5.74, 6) is -1.20. The number of nitrogens with zero attached hydrogens (tertiary/aromatic N) is 3. The largest absolute Gasteiger partial charge is 0.419 e. The monoisotopic (exact) mass is 474 g/mol. The first-order valence-electron chi connectivity index (χ1n) is 10.4. The molecule has 1 aliphatic heterocycles. The number of aromatic nitrogens is 1. The number of non-ortho nitro benzene ring substituents is 1. The summed E-state index contributed by atoms with van der Waals surface area (Å²) < 4.78 is 33.1. The third-order valence-electron chi connectivity index (χ3n) is 5.51. The Bertz CT molecular complexity index is 1380. The highest BCUT2D eigenvalue weighted by atomic mass is 32.2. The molecule has 174 valence electrons. The van der Waals surface area contributed by atoms with Gasteiger partial charge in [0.15, 0.2) is 5.58 Å². The van der Waals surface area contributed by atoms with Gasteiger partial charge in [-0.05, 0) is 30.5 Å². The second-order valence-corrected chi connectivity index (χ2v) is 9.66. The Hall–Kier alpha value is -3.67. The smallest absolute Gasteiger partial charge is 0.407 e. The Morgan fingerprint density at radius 3 is 2.79 bits per heavy atom. The van der Waals surface area contributed by atoms with Crippen LogP contribution in [0.4, 0.5) is 11.4 Å². The number of hydrogen-bond donors (Lipinski definition) is 1. The van der Waals surface area contributed by atoms with Crippen LogP contribution in [0, 0.1) is 10.1 Å². The van der Waals surface area contributed by atoms with Gasteiger partial charge in [0.1, 0.15) is 0 Å². The van der Waals surface area contributed by atoms with Gasteiger partial charge in [0.2, 0.25) is 15.9 Å². The summed E-state index contributed by atoms with van der Waals surface area (Å²) in [6.07, 6.45) is 1.06. The minimum absolute atomic E-state index is 0.0158. The summed E-state index contributed by atoms with van der Waals surface area (Å²) in [5, 5.41) is 13.5. The van der Waals surface area contributed by atoms with Crippen LogP contribution in [-0.2, 0) is 27.8 Å². The van der Waals surface area contributed by atoms with E-state index in [2.05, 4.69) is 5.32 Å². The first-order valence-corrected chi connectivity index (χ1v) is 12.0. The van der Waals surface area contributed by atoms with Crippen molar-refractivity contribution in [2.24, 2.45) is 0 Å². The van der Waals surface area contributed by atoms with E-state index >= 15 is 0 Å². The Morgan fingerprint density at radius 1 is 1.21 bits per heavy atom. The number of amides is 1. The lowest BCUT2D eigenvalue weighted by atomic mass is 10.2. The maximum absolute atomic E-state index is 12.7. The molecule has 11 nitrogen and oxygen atoms in total. The number of aryl methyl sites for hydroxylation is 1. The molecule has 0 radical (unpaired) electrons. The predicted octanol–water partition coefficient (Wildman–Crippen LogP) is 1.79. The van der Waals surface area contributed by atoms with Crippen LogP contribution >= 0.6 is 0 Å². The Labute approximate surface area is 188 Å². The quantitative estimate of drug-likeness (QED) is 0.368. The maximum atomic E-state index is 12.7. The summed E-state index contributed by atoms with van der Waals surface area (Å²) in [6.45, 7) is 0.560.